The van der Waals surface area contributed by atoms with Crippen molar-refractivity contribution in [2.45, 2.75) is 39.0 Å². The molecule has 0 spiro atoms. The second kappa shape index (κ2) is 6.02. The van der Waals surface area contributed by atoms with Crippen molar-refractivity contribution in [2.24, 2.45) is 11.7 Å². The zero-order valence-electron chi connectivity index (χ0n) is 9.17. The summed E-state index contributed by atoms with van der Waals surface area (Å²) in [5.74, 6) is 1.03. The Morgan fingerprint density at radius 1 is 1.43 bits per heavy atom. The van der Waals surface area contributed by atoms with E-state index in [1.54, 1.807) is 0 Å². The molecule has 3 heteroatoms. The third-order valence-electron chi connectivity index (χ3n) is 2.64. The Labute approximate surface area is 86.6 Å². The molecule has 3 nitrogen and oxygen atoms in total. The minimum absolute atomic E-state index is 0.336. The third-order valence-corrected chi connectivity index (χ3v) is 2.64. The molecule has 1 saturated carbocycles. The van der Waals surface area contributed by atoms with E-state index < -0.39 is 0 Å². The van der Waals surface area contributed by atoms with E-state index in [1.807, 2.05) is 4.90 Å². The SMILES string of the molecule is CCCN(CCCN)C(=O)CC1CC1. The minimum Gasteiger partial charge on any atom is -0.343 e. The van der Waals surface area contributed by atoms with E-state index in [9.17, 15) is 4.79 Å². The highest BCUT2D eigenvalue weighted by atomic mass is 16.2. The molecule has 0 radical (unpaired) electrons. The van der Waals surface area contributed by atoms with Crippen LogP contribution in [0.15, 0.2) is 0 Å². The first kappa shape index (κ1) is 11.5. The quantitative estimate of drug-likeness (QED) is 0.671. The number of amides is 1. The first-order chi connectivity index (χ1) is 6.77. The Kier molecular flexibility index (Phi) is 4.94. The normalized spacial score (nSPS) is 15.6. The zero-order chi connectivity index (χ0) is 10.4. The first-order valence-electron chi connectivity index (χ1n) is 5.75. The van der Waals surface area contributed by atoms with Crippen molar-refractivity contribution >= 4 is 5.91 Å². The van der Waals surface area contributed by atoms with Crippen molar-refractivity contribution in [2.75, 3.05) is 19.6 Å². The molecule has 0 aromatic rings. The third kappa shape index (κ3) is 4.09. The van der Waals surface area contributed by atoms with Crippen LogP contribution in [-0.4, -0.2) is 30.4 Å². The van der Waals surface area contributed by atoms with Crippen molar-refractivity contribution < 1.29 is 4.79 Å². The van der Waals surface area contributed by atoms with Crippen LogP contribution in [0.4, 0.5) is 0 Å². The second-order valence-electron chi connectivity index (χ2n) is 4.17. The van der Waals surface area contributed by atoms with E-state index in [0.717, 1.165) is 32.4 Å². The Bertz CT molecular complexity index is 178. The Balaban J connectivity index is 2.26. The number of carbonyl (C=O) groups excluding carboxylic acids is 1. The lowest BCUT2D eigenvalue weighted by Gasteiger charge is -2.21. The number of rotatable bonds is 7. The monoisotopic (exact) mass is 198 g/mol. The predicted octanol–water partition coefficient (Wildman–Crippen LogP) is 1.37. The first-order valence-corrected chi connectivity index (χ1v) is 5.75. The van der Waals surface area contributed by atoms with E-state index in [0.29, 0.717) is 18.4 Å². The predicted molar refractivity (Wildman–Crippen MR) is 57.9 cm³/mol. The van der Waals surface area contributed by atoms with Crippen LogP contribution in [0.1, 0.15) is 39.0 Å². The van der Waals surface area contributed by atoms with E-state index in [2.05, 4.69) is 6.92 Å². The van der Waals surface area contributed by atoms with E-state index in [-0.39, 0.29) is 0 Å². The molecule has 1 fully saturated rings. The van der Waals surface area contributed by atoms with Gasteiger partial charge in [0.15, 0.2) is 0 Å². The average Bonchev–Trinajstić information content (AvgIpc) is 2.95. The highest BCUT2D eigenvalue weighted by molar-refractivity contribution is 5.76. The Morgan fingerprint density at radius 2 is 2.14 bits per heavy atom. The molecule has 0 saturated heterocycles. The molecule has 1 aliphatic rings. The van der Waals surface area contributed by atoms with Crippen molar-refractivity contribution in [1.82, 2.24) is 4.90 Å². The molecule has 1 amide bonds. The van der Waals surface area contributed by atoms with E-state index >= 15 is 0 Å². The van der Waals surface area contributed by atoms with Crippen molar-refractivity contribution in [3.8, 4) is 0 Å². The maximum atomic E-state index is 11.8. The molecule has 0 aromatic heterocycles. The minimum atomic E-state index is 0.336. The van der Waals surface area contributed by atoms with Crippen molar-refractivity contribution in [3.63, 3.8) is 0 Å². The number of nitrogens with zero attached hydrogens (tertiary/aromatic N) is 1. The molecule has 0 unspecified atom stereocenters. The van der Waals surface area contributed by atoms with Crippen molar-refractivity contribution in [1.29, 1.82) is 0 Å². The fourth-order valence-corrected chi connectivity index (χ4v) is 1.61. The molecule has 0 atom stereocenters. The molecule has 14 heavy (non-hydrogen) atoms. The standard InChI is InChI=1S/C11H22N2O/c1-2-7-13(8-3-6-12)11(14)9-10-4-5-10/h10H,2-9,12H2,1H3. The van der Waals surface area contributed by atoms with Gasteiger partial charge in [-0.1, -0.05) is 6.92 Å². The summed E-state index contributed by atoms with van der Waals surface area (Å²) in [5, 5.41) is 0. The number of hydrogen-bond donors (Lipinski definition) is 1. The van der Waals surface area contributed by atoms with E-state index in [1.165, 1.54) is 12.8 Å². The molecule has 82 valence electrons. The van der Waals surface area contributed by atoms with Crippen LogP contribution in [-0.2, 0) is 4.79 Å². The molecule has 0 heterocycles. The Hall–Kier alpha value is -0.570. The van der Waals surface area contributed by atoms with Crippen LogP contribution in [0.25, 0.3) is 0 Å². The molecular formula is C11H22N2O. The molecule has 1 aliphatic carbocycles. The van der Waals surface area contributed by atoms with Gasteiger partial charge in [-0.3, -0.25) is 4.79 Å². The summed E-state index contributed by atoms with van der Waals surface area (Å²) in [5.41, 5.74) is 5.45. The van der Waals surface area contributed by atoms with Gasteiger partial charge in [0.1, 0.15) is 0 Å². The summed E-state index contributed by atoms with van der Waals surface area (Å²) in [6.45, 7) is 4.53. The lowest BCUT2D eigenvalue weighted by atomic mass is 10.2. The average molecular weight is 198 g/mol. The van der Waals surface area contributed by atoms with Crippen LogP contribution in [0.5, 0.6) is 0 Å². The fourth-order valence-electron chi connectivity index (χ4n) is 1.61. The van der Waals surface area contributed by atoms with Crippen LogP contribution >= 0.6 is 0 Å². The number of nitrogens with two attached hydrogens (primary N) is 1. The second-order valence-corrected chi connectivity index (χ2v) is 4.17. The smallest absolute Gasteiger partial charge is 0.222 e. The van der Waals surface area contributed by atoms with Gasteiger partial charge in [0.25, 0.3) is 0 Å². The topological polar surface area (TPSA) is 46.3 Å². The number of carbonyl (C=O) groups is 1. The molecule has 0 aliphatic heterocycles. The van der Waals surface area contributed by atoms with Gasteiger partial charge in [0.2, 0.25) is 5.91 Å². The van der Waals surface area contributed by atoms with Crippen LogP contribution in [0, 0.1) is 5.92 Å². The summed E-state index contributed by atoms with van der Waals surface area (Å²) in [7, 11) is 0. The largest absolute Gasteiger partial charge is 0.343 e. The lowest BCUT2D eigenvalue weighted by Crippen LogP contribution is -2.33. The van der Waals surface area contributed by atoms with Crippen LogP contribution in [0.3, 0.4) is 0 Å². The molecule has 1 rings (SSSR count). The van der Waals surface area contributed by atoms with Gasteiger partial charge in [-0.05, 0) is 38.1 Å². The Morgan fingerprint density at radius 3 is 2.64 bits per heavy atom. The summed E-state index contributed by atoms with van der Waals surface area (Å²) >= 11 is 0. The molecule has 2 N–H and O–H groups in total. The van der Waals surface area contributed by atoms with Crippen molar-refractivity contribution in [3.05, 3.63) is 0 Å². The summed E-state index contributed by atoms with van der Waals surface area (Å²) in [4.78, 5) is 13.8. The van der Waals surface area contributed by atoms with Gasteiger partial charge >= 0.3 is 0 Å². The van der Waals surface area contributed by atoms with Gasteiger partial charge in [-0.15, -0.1) is 0 Å². The lowest BCUT2D eigenvalue weighted by molar-refractivity contribution is -0.131. The van der Waals surface area contributed by atoms with Crippen LogP contribution < -0.4 is 5.73 Å². The highest BCUT2D eigenvalue weighted by Crippen LogP contribution is 2.32. The van der Waals surface area contributed by atoms with Crippen LogP contribution in [0.2, 0.25) is 0 Å². The fraction of sp³-hybridized carbons (Fsp3) is 0.909. The summed E-state index contributed by atoms with van der Waals surface area (Å²) < 4.78 is 0. The van der Waals surface area contributed by atoms with Gasteiger partial charge in [0, 0.05) is 19.5 Å². The van der Waals surface area contributed by atoms with Gasteiger partial charge in [-0.2, -0.15) is 0 Å². The maximum absolute atomic E-state index is 11.8. The molecule has 0 aromatic carbocycles. The highest BCUT2D eigenvalue weighted by Gasteiger charge is 2.26. The van der Waals surface area contributed by atoms with E-state index in [4.69, 9.17) is 5.73 Å². The molecular weight excluding hydrogens is 176 g/mol. The summed E-state index contributed by atoms with van der Waals surface area (Å²) in [6.07, 6.45) is 5.24. The number of hydrogen-bond acceptors (Lipinski definition) is 2. The van der Waals surface area contributed by atoms with Gasteiger partial charge < -0.3 is 10.6 Å². The molecule has 0 bridgehead atoms. The van der Waals surface area contributed by atoms with Gasteiger partial charge in [-0.25, -0.2) is 0 Å². The maximum Gasteiger partial charge on any atom is 0.222 e. The summed E-state index contributed by atoms with van der Waals surface area (Å²) in [6, 6.07) is 0. The zero-order valence-corrected chi connectivity index (χ0v) is 9.17. The van der Waals surface area contributed by atoms with Gasteiger partial charge in [0.05, 0.1) is 0 Å².